The molecule has 0 bridgehead atoms. The first-order valence-corrected chi connectivity index (χ1v) is 10.3. The molecule has 0 spiro atoms. The molecule has 0 fully saturated rings. The summed E-state index contributed by atoms with van der Waals surface area (Å²) in [7, 11) is -4.09. The summed E-state index contributed by atoms with van der Waals surface area (Å²) in [4.78, 5) is 23.3. The highest BCUT2D eigenvalue weighted by molar-refractivity contribution is 7.89. The summed E-state index contributed by atoms with van der Waals surface area (Å²) in [5, 5.41) is 5.08. The number of halogens is 2. The van der Waals surface area contributed by atoms with Gasteiger partial charge in [-0.25, -0.2) is 21.9 Å². The predicted octanol–water partition coefficient (Wildman–Crippen LogP) is 1.95. The average Bonchev–Trinajstić information content (AvgIpc) is 2.68. The van der Waals surface area contributed by atoms with Crippen LogP contribution in [0.4, 0.5) is 14.5 Å². The first kappa shape index (κ1) is 22.4. The van der Waals surface area contributed by atoms with Gasteiger partial charge in [0.25, 0.3) is 0 Å². The molecule has 2 aromatic rings. The minimum atomic E-state index is -4.09. The predicted molar refractivity (Wildman–Crippen MR) is 104 cm³/mol. The molecule has 0 saturated heterocycles. The molecule has 0 aliphatic rings. The number of hydrogen-bond donors (Lipinski definition) is 3. The van der Waals surface area contributed by atoms with E-state index in [0.717, 1.165) is 18.1 Å². The van der Waals surface area contributed by atoms with Crippen molar-refractivity contribution < 1.29 is 26.8 Å². The number of nitrogens with one attached hydrogen (secondary N) is 3. The van der Waals surface area contributed by atoms with E-state index in [9.17, 15) is 26.8 Å². The van der Waals surface area contributed by atoms with Crippen LogP contribution in [0.3, 0.4) is 0 Å². The van der Waals surface area contributed by atoms with Crippen LogP contribution in [0.2, 0.25) is 0 Å². The third kappa shape index (κ3) is 6.61. The lowest BCUT2D eigenvalue weighted by atomic mass is 10.1. The van der Waals surface area contributed by atoms with E-state index in [4.69, 9.17) is 0 Å². The minimum Gasteiger partial charge on any atom is -0.347 e. The summed E-state index contributed by atoms with van der Waals surface area (Å²) >= 11 is 0. The Labute approximate surface area is 167 Å². The Bertz CT molecular complexity index is 997. The van der Waals surface area contributed by atoms with Gasteiger partial charge >= 0.3 is 0 Å². The lowest BCUT2D eigenvalue weighted by Gasteiger charge is -2.10. The average molecular weight is 425 g/mol. The summed E-state index contributed by atoms with van der Waals surface area (Å²) in [6, 6.07) is 9.45. The summed E-state index contributed by atoms with van der Waals surface area (Å²) in [6.07, 6.45) is 0.503. The van der Waals surface area contributed by atoms with E-state index in [-0.39, 0.29) is 19.5 Å². The third-order valence-electron chi connectivity index (χ3n) is 3.96. The van der Waals surface area contributed by atoms with Gasteiger partial charge in [0.05, 0.1) is 11.4 Å². The molecule has 0 saturated carbocycles. The Hall–Kier alpha value is -2.85. The maximum Gasteiger partial charge on any atom is 0.243 e. The summed E-state index contributed by atoms with van der Waals surface area (Å²) < 4.78 is 52.2. The zero-order chi connectivity index (χ0) is 21.4. The molecule has 0 atom stereocenters. The molecule has 0 aliphatic carbocycles. The van der Waals surface area contributed by atoms with E-state index in [1.807, 2.05) is 19.1 Å². The highest BCUT2D eigenvalue weighted by Gasteiger charge is 2.17. The molecule has 0 radical (unpaired) electrons. The number of benzene rings is 2. The normalized spacial score (nSPS) is 11.1. The number of anilines is 1. The van der Waals surface area contributed by atoms with Crippen molar-refractivity contribution >= 4 is 27.5 Å². The molecule has 29 heavy (non-hydrogen) atoms. The summed E-state index contributed by atoms with van der Waals surface area (Å²) in [5.74, 6) is -3.41. The number of rotatable bonds is 9. The van der Waals surface area contributed by atoms with Crippen LogP contribution < -0.4 is 15.4 Å². The second kappa shape index (κ2) is 10.1. The Morgan fingerprint density at radius 1 is 1.00 bits per heavy atom. The zero-order valence-electron chi connectivity index (χ0n) is 15.7. The summed E-state index contributed by atoms with van der Waals surface area (Å²) in [5.41, 5.74) is 1.62. The molecule has 0 heterocycles. The number of para-hydroxylation sites is 1. The number of aryl methyl sites for hydroxylation is 1. The molecule has 2 amide bonds. The van der Waals surface area contributed by atoms with Gasteiger partial charge in [-0.3, -0.25) is 9.59 Å². The summed E-state index contributed by atoms with van der Waals surface area (Å²) in [6.45, 7) is 1.41. The van der Waals surface area contributed by atoms with E-state index in [0.29, 0.717) is 17.8 Å². The van der Waals surface area contributed by atoms with Gasteiger partial charge < -0.3 is 10.6 Å². The molecule has 10 heteroatoms. The van der Waals surface area contributed by atoms with E-state index >= 15 is 0 Å². The van der Waals surface area contributed by atoms with Gasteiger partial charge in [0.1, 0.15) is 0 Å². The molecule has 0 aromatic heterocycles. The first-order valence-electron chi connectivity index (χ1n) is 8.82. The Morgan fingerprint density at radius 3 is 2.41 bits per heavy atom. The van der Waals surface area contributed by atoms with Crippen molar-refractivity contribution in [1.29, 1.82) is 0 Å². The molecule has 2 rings (SSSR count). The molecular formula is C19H21F2N3O4S. The molecule has 0 unspecified atom stereocenters. The molecule has 7 nitrogen and oxygen atoms in total. The number of carbonyl (C=O) groups excluding carboxylic acids is 2. The van der Waals surface area contributed by atoms with E-state index in [1.54, 1.807) is 12.1 Å². The van der Waals surface area contributed by atoms with Crippen LogP contribution in [-0.2, 0) is 26.0 Å². The molecule has 3 N–H and O–H groups in total. The van der Waals surface area contributed by atoms with Gasteiger partial charge in [-0.15, -0.1) is 0 Å². The second-order valence-corrected chi connectivity index (χ2v) is 7.83. The topological polar surface area (TPSA) is 104 Å². The zero-order valence-corrected chi connectivity index (χ0v) is 16.5. The van der Waals surface area contributed by atoms with Gasteiger partial charge in [0.2, 0.25) is 21.8 Å². The van der Waals surface area contributed by atoms with Crippen molar-refractivity contribution in [3.8, 4) is 0 Å². The van der Waals surface area contributed by atoms with Crippen LogP contribution in [0.25, 0.3) is 0 Å². The molecule has 2 aromatic carbocycles. The number of sulfonamides is 1. The second-order valence-electron chi connectivity index (χ2n) is 6.06. The number of carbonyl (C=O) groups is 2. The lowest BCUT2D eigenvalue weighted by molar-refractivity contribution is -0.124. The van der Waals surface area contributed by atoms with Crippen LogP contribution in [0, 0.1) is 11.6 Å². The fourth-order valence-electron chi connectivity index (χ4n) is 2.44. The SMILES string of the molecule is CCc1ccccc1NC(=O)CNC(=O)CCNS(=O)(=O)c1ccc(F)c(F)c1. The minimum absolute atomic E-state index is 0.234. The van der Waals surface area contributed by atoms with Crippen molar-refractivity contribution in [2.45, 2.75) is 24.7 Å². The first-order chi connectivity index (χ1) is 13.7. The van der Waals surface area contributed by atoms with Crippen molar-refractivity contribution in [2.24, 2.45) is 0 Å². The van der Waals surface area contributed by atoms with E-state index < -0.39 is 38.4 Å². The largest absolute Gasteiger partial charge is 0.347 e. The standard InChI is InChI=1S/C19H21F2N3O4S/c1-2-13-5-3-4-6-17(13)24-19(26)12-22-18(25)9-10-23-29(27,28)14-7-8-15(20)16(21)11-14/h3-8,11,23H,2,9-10,12H2,1H3,(H,22,25)(H,24,26). The molecular weight excluding hydrogens is 404 g/mol. The van der Waals surface area contributed by atoms with Crippen LogP contribution in [0.5, 0.6) is 0 Å². The maximum atomic E-state index is 13.2. The Morgan fingerprint density at radius 2 is 1.72 bits per heavy atom. The highest BCUT2D eigenvalue weighted by Crippen LogP contribution is 2.15. The monoisotopic (exact) mass is 425 g/mol. The smallest absolute Gasteiger partial charge is 0.243 e. The Kier molecular flexibility index (Phi) is 7.80. The number of hydrogen-bond acceptors (Lipinski definition) is 4. The van der Waals surface area contributed by atoms with Gasteiger partial charge in [0, 0.05) is 18.7 Å². The van der Waals surface area contributed by atoms with Crippen molar-refractivity contribution in [2.75, 3.05) is 18.4 Å². The van der Waals surface area contributed by atoms with Crippen molar-refractivity contribution in [1.82, 2.24) is 10.0 Å². The molecule has 0 aliphatic heterocycles. The van der Waals surface area contributed by atoms with Gasteiger partial charge in [0.15, 0.2) is 11.6 Å². The third-order valence-corrected chi connectivity index (χ3v) is 5.42. The van der Waals surface area contributed by atoms with Gasteiger partial charge in [-0.1, -0.05) is 25.1 Å². The van der Waals surface area contributed by atoms with Gasteiger partial charge in [-0.05, 0) is 36.2 Å². The van der Waals surface area contributed by atoms with Crippen molar-refractivity contribution in [3.05, 3.63) is 59.7 Å². The lowest BCUT2D eigenvalue weighted by Crippen LogP contribution is -2.35. The van der Waals surface area contributed by atoms with Gasteiger partial charge in [-0.2, -0.15) is 0 Å². The number of amides is 2. The maximum absolute atomic E-state index is 13.2. The van der Waals surface area contributed by atoms with Crippen LogP contribution in [-0.4, -0.2) is 33.3 Å². The van der Waals surface area contributed by atoms with E-state index in [1.165, 1.54) is 0 Å². The highest BCUT2D eigenvalue weighted by atomic mass is 32.2. The van der Waals surface area contributed by atoms with Crippen LogP contribution in [0.15, 0.2) is 47.4 Å². The van der Waals surface area contributed by atoms with E-state index in [2.05, 4.69) is 15.4 Å². The Balaban J connectivity index is 1.78. The fourth-order valence-corrected chi connectivity index (χ4v) is 3.48. The van der Waals surface area contributed by atoms with Crippen LogP contribution >= 0.6 is 0 Å². The quantitative estimate of drug-likeness (QED) is 0.571. The molecule has 156 valence electrons. The van der Waals surface area contributed by atoms with Crippen molar-refractivity contribution in [3.63, 3.8) is 0 Å². The fraction of sp³-hybridized carbons (Fsp3) is 0.263. The van der Waals surface area contributed by atoms with Crippen LogP contribution in [0.1, 0.15) is 18.9 Å².